The van der Waals surface area contributed by atoms with Crippen LogP contribution >= 0.6 is 0 Å². The average Bonchev–Trinajstić information content (AvgIpc) is 2.94. The van der Waals surface area contributed by atoms with Gasteiger partial charge in [-0.15, -0.1) is 0 Å². The molecule has 0 fully saturated rings. The Morgan fingerprint density at radius 1 is 1.15 bits per heavy atom. The number of benzene rings is 2. The van der Waals surface area contributed by atoms with Crippen LogP contribution in [0.1, 0.15) is 11.3 Å². The van der Waals surface area contributed by atoms with Crippen LogP contribution in [-0.4, -0.2) is 20.9 Å². The standard InChI is InChI=1S/C19H16F3N3O2/c1-12-16(10-25(24-12)11-18(26)27)15-7-2-3-8-17(15)23-14-6-4-5-13(9-14)19(20,21)22/h2-10,23H,11H2,1H3,(H,26,27). The van der Waals surface area contributed by atoms with E-state index in [1.807, 2.05) is 0 Å². The number of hydrogen-bond donors (Lipinski definition) is 2. The zero-order valence-electron chi connectivity index (χ0n) is 14.3. The minimum absolute atomic E-state index is 0.274. The summed E-state index contributed by atoms with van der Waals surface area (Å²) in [6.07, 6.45) is -2.82. The summed E-state index contributed by atoms with van der Waals surface area (Å²) in [5.41, 5.74) is 2.18. The topological polar surface area (TPSA) is 67.2 Å². The van der Waals surface area contributed by atoms with Crippen LogP contribution < -0.4 is 5.32 Å². The van der Waals surface area contributed by atoms with Crippen molar-refractivity contribution in [1.29, 1.82) is 0 Å². The highest BCUT2D eigenvalue weighted by molar-refractivity contribution is 5.82. The molecule has 2 N–H and O–H groups in total. The molecule has 1 aromatic heterocycles. The first-order valence-electron chi connectivity index (χ1n) is 8.03. The van der Waals surface area contributed by atoms with E-state index < -0.39 is 17.7 Å². The predicted octanol–water partition coefficient (Wildman–Crippen LogP) is 4.71. The van der Waals surface area contributed by atoms with Crippen molar-refractivity contribution in [2.24, 2.45) is 0 Å². The quantitative estimate of drug-likeness (QED) is 0.678. The molecule has 1 heterocycles. The number of anilines is 2. The normalized spacial score (nSPS) is 11.4. The number of aryl methyl sites for hydroxylation is 1. The van der Waals surface area contributed by atoms with Gasteiger partial charge in [0, 0.05) is 28.7 Å². The zero-order valence-corrected chi connectivity index (χ0v) is 14.3. The lowest BCUT2D eigenvalue weighted by Gasteiger charge is -2.13. The summed E-state index contributed by atoms with van der Waals surface area (Å²) in [7, 11) is 0. The van der Waals surface area contributed by atoms with Crippen molar-refractivity contribution in [2.75, 3.05) is 5.32 Å². The number of hydrogen-bond acceptors (Lipinski definition) is 3. The maximum atomic E-state index is 12.9. The van der Waals surface area contributed by atoms with Gasteiger partial charge in [-0.2, -0.15) is 18.3 Å². The van der Waals surface area contributed by atoms with Crippen LogP contribution in [0.4, 0.5) is 24.5 Å². The van der Waals surface area contributed by atoms with Crippen LogP contribution in [0.25, 0.3) is 11.1 Å². The number of carbonyl (C=O) groups is 1. The lowest BCUT2D eigenvalue weighted by molar-refractivity contribution is -0.138. The number of halogens is 3. The van der Waals surface area contributed by atoms with Crippen molar-refractivity contribution >= 4 is 17.3 Å². The number of carboxylic acids is 1. The van der Waals surface area contributed by atoms with Gasteiger partial charge in [-0.05, 0) is 31.2 Å². The van der Waals surface area contributed by atoms with Gasteiger partial charge in [0.15, 0.2) is 0 Å². The second-order valence-corrected chi connectivity index (χ2v) is 5.97. The fraction of sp³-hybridized carbons (Fsp3) is 0.158. The van der Waals surface area contributed by atoms with Gasteiger partial charge in [-0.25, -0.2) is 0 Å². The molecule has 0 saturated carbocycles. The van der Waals surface area contributed by atoms with Gasteiger partial charge in [0.05, 0.1) is 11.3 Å². The molecular weight excluding hydrogens is 359 g/mol. The molecule has 5 nitrogen and oxygen atoms in total. The van der Waals surface area contributed by atoms with Gasteiger partial charge in [-0.1, -0.05) is 24.3 Å². The molecule has 0 aliphatic carbocycles. The number of aliphatic carboxylic acids is 1. The lowest BCUT2D eigenvalue weighted by Crippen LogP contribution is -2.08. The van der Waals surface area contributed by atoms with E-state index in [4.69, 9.17) is 5.11 Å². The van der Waals surface area contributed by atoms with Crippen LogP contribution in [0.2, 0.25) is 0 Å². The molecular formula is C19H16F3N3O2. The van der Waals surface area contributed by atoms with Gasteiger partial charge in [0.1, 0.15) is 6.54 Å². The van der Waals surface area contributed by atoms with Crippen molar-refractivity contribution in [3.63, 3.8) is 0 Å². The molecule has 0 spiro atoms. The maximum Gasteiger partial charge on any atom is 0.416 e. The van der Waals surface area contributed by atoms with E-state index >= 15 is 0 Å². The first kappa shape index (κ1) is 18.5. The molecule has 0 saturated heterocycles. The van der Waals surface area contributed by atoms with Crippen molar-refractivity contribution in [1.82, 2.24) is 9.78 Å². The lowest BCUT2D eigenvalue weighted by atomic mass is 10.0. The molecule has 0 radical (unpaired) electrons. The van der Waals surface area contributed by atoms with E-state index in [2.05, 4.69) is 10.4 Å². The van der Waals surface area contributed by atoms with Crippen LogP contribution in [-0.2, 0) is 17.5 Å². The Bertz CT molecular complexity index is 980. The molecule has 8 heteroatoms. The van der Waals surface area contributed by atoms with E-state index in [9.17, 15) is 18.0 Å². The monoisotopic (exact) mass is 375 g/mol. The van der Waals surface area contributed by atoms with Gasteiger partial charge >= 0.3 is 12.1 Å². The smallest absolute Gasteiger partial charge is 0.416 e. The van der Waals surface area contributed by atoms with E-state index in [0.29, 0.717) is 28.2 Å². The fourth-order valence-electron chi connectivity index (χ4n) is 2.76. The summed E-state index contributed by atoms with van der Waals surface area (Å²) in [6.45, 7) is 1.47. The third-order valence-electron chi connectivity index (χ3n) is 3.93. The molecule has 0 aliphatic heterocycles. The minimum atomic E-state index is -4.42. The summed E-state index contributed by atoms with van der Waals surface area (Å²) in [5, 5.41) is 16.1. The summed E-state index contributed by atoms with van der Waals surface area (Å²) in [6, 6.07) is 12.0. The molecule has 27 heavy (non-hydrogen) atoms. The summed E-state index contributed by atoms with van der Waals surface area (Å²) < 4.78 is 40.1. The second-order valence-electron chi connectivity index (χ2n) is 5.97. The van der Waals surface area contributed by atoms with Gasteiger partial charge in [-0.3, -0.25) is 9.48 Å². The van der Waals surface area contributed by atoms with E-state index in [0.717, 1.165) is 12.1 Å². The Morgan fingerprint density at radius 3 is 2.59 bits per heavy atom. The van der Waals surface area contributed by atoms with Crippen LogP contribution in [0.15, 0.2) is 54.7 Å². The molecule has 3 rings (SSSR count). The number of aromatic nitrogens is 2. The number of rotatable bonds is 5. The summed E-state index contributed by atoms with van der Waals surface area (Å²) >= 11 is 0. The maximum absolute atomic E-state index is 12.9. The first-order valence-corrected chi connectivity index (χ1v) is 8.03. The Morgan fingerprint density at radius 2 is 1.89 bits per heavy atom. The van der Waals surface area contributed by atoms with E-state index in [-0.39, 0.29) is 6.54 Å². The van der Waals surface area contributed by atoms with Crippen molar-refractivity contribution in [3.8, 4) is 11.1 Å². The molecule has 0 unspecified atom stereocenters. The predicted molar refractivity (Wildman–Crippen MR) is 94.8 cm³/mol. The molecule has 3 aromatic rings. The Balaban J connectivity index is 1.96. The average molecular weight is 375 g/mol. The second kappa shape index (κ2) is 7.14. The summed E-state index contributed by atoms with van der Waals surface area (Å²) in [5.74, 6) is -1.01. The summed E-state index contributed by atoms with van der Waals surface area (Å²) in [4.78, 5) is 10.9. The zero-order chi connectivity index (χ0) is 19.6. The Kier molecular flexibility index (Phi) is 4.89. The highest BCUT2D eigenvalue weighted by Gasteiger charge is 2.30. The minimum Gasteiger partial charge on any atom is -0.480 e. The SMILES string of the molecule is Cc1nn(CC(=O)O)cc1-c1ccccc1Nc1cccc(C(F)(F)F)c1. The van der Waals surface area contributed by atoms with Crippen LogP contribution in [0, 0.1) is 6.92 Å². The Labute approximate surface area is 153 Å². The van der Waals surface area contributed by atoms with Gasteiger partial charge in [0.25, 0.3) is 0 Å². The molecule has 2 aromatic carbocycles. The molecule has 0 bridgehead atoms. The van der Waals surface area contributed by atoms with Gasteiger partial charge < -0.3 is 10.4 Å². The number of carboxylic acid groups (broad SMARTS) is 1. The van der Waals surface area contributed by atoms with E-state index in [1.165, 1.54) is 10.7 Å². The van der Waals surface area contributed by atoms with Crippen molar-refractivity contribution in [2.45, 2.75) is 19.6 Å². The molecule has 0 amide bonds. The molecule has 0 atom stereocenters. The molecule has 140 valence electrons. The largest absolute Gasteiger partial charge is 0.480 e. The van der Waals surface area contributed by atoms with Gasteiger partial charge in [0.2, 0.25) is 0 Å². The van der Waals surface area contributed by atoms with Crippen molar-refractivity contribution < 1.29 is 23.1 Å². The number of nitrogens with zero attached hydrogens (tertiary/aromatic N) is 2. The first-order chi connectivity index (χ1) is 12.7. The number of alkyl halides is 3. The highest BCUT2D eigenvalue weighted by atomic mass is 19.4. The fourth-order valence-corrected chi connectivity index (χ4v) is 2.76. The third kappa shape index (κ3) is 4.28. The number of para-hydroxylation sites is 1. The molecule has 0 aliphatic rings. The van der Waals surface area contributed by atoms with Crippen LogP contribution in [0.3, 0.4) is 0 Å². The highest BCUT2D eigenvalue weighted by Crippen LogP contribution is 2.34. The number of nitrogens with one attached hydrogen (secondary N) is 1. The van der Waals surface area contributed by atoms with Crippen LogP contribution in [0.5, 0.6) is 0 Å². The third-order valence-corrected chi connectivity index (χ3v) is 3.93. The van der Waals surface area contributed by atoms with E-state index in [1.54, 1.807) is 43.5 Å². The Hall–Kier alpha value is -3.29. The van der Waals surface area contributed by atoms with Crippen molar-refractivity contribution in [3.05, 3.63) is 66.0 Å².